The van der Waals surface area contributed by atoms with E-state index in [0.29, 0.717) is 19.0 Å². The first-order chi connectivity index (χ1) is 9.37. The fraction of sp³-hybridized carbons (Fsp3) is 0.929. The zero-order valence-corrected chi connectivity index (χ0v) is 11.8. The lowest BCUT2D eigenvalue weighted by molar-refractivity contribution is -0.152. The van der Waals surface area contributed by atoms with Crippen LogP contribution in [0.5, 0.6) is 0 Å². The zero-order valence-electron chi connectivity index (χ0n) is 11.8. The molecule has 0 radical (unpaired) electrons. The molecule has 0 aliphatic heterocycles. The fourth-order valence-corrected chi connectivity index (χ4v) is 3.17. The van der Waals surface area contributed by atoms with Gasteiger partial charge in [0.05, 0.1) is 12.6 Å². The van der Waals surface area contributed by atoms with Gasteiger partial charge in [-0.3, -0.25) is 10.2 Å². The van der Waals surface area contributed by atoms with Crippen LogP contribution in [0.25, 0.3) is 0 Å². The molecule has 6 heteroatoms. The number of alkyl halides is 3. The molecule has 0 amide bonds. The van der Waals surface area contributed by atoms with E-state index in [4.69, 9.17) is 0 Å². The predicted octanol–water partition coefficient (Wildman–Crippen LogP) is 2.83. The summed E-state index contributed by atoms with van der Waals surface area (Å²) in [5.74, 6) is 0. The molecular weight excluding hydrogens is 267 g/mol. The highest BCUT2D eigenvalue weighted by atomic mass is 19.4. The van der Waals surface area contributed by atoms with Crippen LogP contribution in [0.3, 0.4) is 0 Å². The topological polar surface area (TPSA) is 39.1 Å². The molecule has 2 aliphatic rings. The van der Waals surface area contributed by atoms with E-state index in [1.165, 1.54) is 4.90 Å². The molecule has 2 saturated carbocycles. The lowest BCUT2D eigenvalue weighted by atomic mass is 9.79. The van der Waals surface area contributed by atoms with Crippen LogP contribution < -0.4 is 5.32 Å². The van der Waals surface area contributed by atoms with Crippen LogP contribution in [0, 0.1) is 11.3 Å². The van der Waals surface area contributed by atoms with Crippen molar-refractivity contribution in [2.24, 2.45) is 0 Å². The highest BCUT2D eigenvalue weighted by Crippen LogP contribution is 2.35. The third-order valence-electron chi connectivity index (χ3n) is 4.30. The minimum Gasteiger partial charge on any atom is -0.297 e. The largest absolute Gasteiger partial charge is 0.401 e. The Morgan fingerprint density at radius 3 is 2.55 bits per heavy atom. The second kappa shape index (κ2) is 5.90. The third kappa shape index (κ3) is 4.10. The summed E-state index contributed by atoms with van der Waals surface area (Å²) in [4.78, 5) is 1.47. The molecule has 20 heavy (non-hydrogen) atoms. The van der Waals surface area contributed by atoms with Crippen LogP contribution in [0.2, 0.25) is 0 Å². The first-order valence-corrected chi connectivity index (χ1v) is 7.37. The minimum atomic E-state index is -4.17. The zero-order chi connectivity index (χ0) is 14.8. The minimum absolute atomic E-state index is 0.152. The van der Waals surface area contributed by atoms with E-state index in [9.17, 15) is 18.4 Å². The molecule has 2 rings (SSSR count). The maximum absolute atomic E-state index is 12.6. The summed E-state index contributed by atoms with van der Waals surface area (Å²) < 4.78 is 37.9. The van der Waals surface area contributed by atoms with E-state index >= 15 is 0 Å². The van der Waals surface area contributed by atoms with Crippen molar-refractivity contribution < 1.29 is 13.2 Å². The summed E-state index contributed by atoms with van der Waals surface area (Å²) >= 11 is 0. The van der Waals surface area contributed by atoms with Crippen LogP contribution in [0.15, 0.2) is 0 Å². The predicted molar refractivity (Wildman–Crippen MR) is 70.1 cm³/mol. The van der Waals surface area contributed by atoms with Crippen LogP contribution >= 0.6 is 0 Å². The van der Waals surface area contributed by atoms with Crippen molar-refractivity contribution in [3.05, 3.63) is 0 Å². The quantitative estimate of drug-likeness (QED) is 0.846. The van der Waals surface area contributed by atoms with E-state index < -0.39 is 18.3 Å². The molecule has 2 aliphatic carbocycles. The Labute approximate surface area is 118 Å². The molecule has 3 nitrogen and oxygen atoms in total. The molecule has 2 fully saturated rings. The molecule has 0 aromatic rings. The van der Waals surface area contributed by atoms with Crippen LogP contribution in [-0.2, 0) is 0 Å². The average molecular weight is 289 g/mol. The van der Waals surface area contributed by atoms with Gasteiger partial charge >= 0.3 is 6.18 Å². The van der Waals surface area contributed by atoms with E-state index in [1.807, 2.05) is 0 Å². The van der Waals surface area contributed by atoms with E-state index in [1.54, 1.807) is 6.92 Å². The van der Waals surface area contributed by atoms with Crippen molar-refractivity contribution in [2.75, 3.05) is 13.1 Å². The van der Waals surface area contributed by atoms with Crippen molar-refractivity contribution in [3.63, 3.8) is 0 Å². The fourth-order valence-electron chi connectivity index (χ4n) is 3.17. The Morgan fingerprint density at radius 1 is 1.35 bits per heavy atom. The highest BCUT2D eigenvalue weighted by Gasteiger charge is 2.43. The molecule has 0 bridgehead atoms. The lowest BCUT2D eigenvalue weighted by Gasteiger charge is -2.41. The van der Waals surface area contributed by atoms with Gasteiger partial charge in [-0.25, -0.2) is 0 Å². The molecule has 0 saturated heterocycles. The monoisotopic (exact) mass is 289 g/mol. The van der Waals surface area contributed by atoms with Gasteiger partial charge in [-0.05, 0) is 45.1 Å². The number of nitrogens with one attached hydrogen (secondary N) is 1. The maximum Gasteiger partial charge on any atom is 0.401 e. The van der Waals surface area contributed by atoms with Gasteiger partial charge in [0.25, 0.3) is 0 Å². The first kappa shape index (κ1) is 15.6. The number of halogens is 3. The van der Waals surface area contributed by atoms with Crippen molar-refractivity contribution in [1.82, 2.24) is 10.2 Å². The molecule has 1 N–H and O–H groups in total. The Morgan fingerprint density at radius 2 is 2.05 bits per heavy atom. The highest BCUT2D eigenvalue weighted by molar-refractivity contribution is 5.13. The second-order valence-electron chi connectivity index (χ2n) is 6.04. The summed E-state index contributed by atoms with van der Waals surface area (Å²) in [6.45, 7) is 1.25. The molecule has 0 aromatic heterocycles. The van der Waals surface area contributed by atoms with Gasteiger partial charge in [-0.2, -0.15) is 18.4 Å². The van der Waals surface area contributed by atoms with Crippen molar-refractivity contribution in [3.8, 4) is 6.07 Å². The normalized spacial score (nSPS) is 31.3. The molecular formula is C14H22F3N3. The van der Waals surface area contributed by atoms with E-state index in [-0.39, 0.29) is 6.04 Å². The standard InChI is InChI=1S/C14H22F3N3/c1-2-20(10-14(15,16)17)12-4-3-7-13(8-12,9-18)19-11-5-6-11/h11-12,19H,2-8,10H2,1H3. The third-order valence-corrected chi connectivity index (χ3v) is 4.30. The summed E-state index contributed by atoms with van der Waals surface area (Å²) in [5, 5.41) is 12.8. The Kier molecular flexibility index (Phi) is 4.60. The molecule has 2 unspecified atom stereocenters. The number of hydrogen-bond donors (Lipinski definition) is 1. The van der Waals surface area contributed by atoms with E-state index in [2.05, 4.69) is 11.4 Å². The lowest BCUT2D eigenvalue weighted by Crippen LogP contribution is -2.54. The number of rotatable bonds is 5. The molecule has 0 aromatic carbocycles. The maximum atomic E-state index is 12.6. The Bertz CT molecular complexity index is 373. The van der Waals surface area contributed by atoms with Crippen LogP contribution in [0.1, 0.15) is 45.4 Å². The first-order valence-electron chi connectivity index (χ1n) is 7.37. The van der Waals surface area contributed by atoms with Crippen molar-refractivity contribution in [1.29, 1.82) is 5.26 Å². The van der Waals surface area contributed by atoms with Crippen LogP contribution in [-0.4, -0.2) is 41.8 Å². The van der Waals surface area contributed by atoms with Gasteiger partial charge in [0, 0.05) is 12.1 Å². The molecule has 2 atom stereocenters. The van der Waals surface area contributed by atoms with Gasteiger partial charge < -0.3 is 0 Å². The SMILES string of the molecule is CCN(CC(F)(F)F)C1CCCC(C#N)(NC2CC2)C1. The van der Waals surface area contributed by atoms with Crippen molar-refractivity contribution in [2.45, 2.75) is 69.2 Å². The smallest absolute Gasteiger partial charge is 0.297 e. The van der Waals surface area contributed by atoms with Crippen molar-refractivity contribution >= 4 is 0 Å². The average Bonchev–Trinajstić information content (AvgIpc) is 3.19. The summed E-state index contributed by atoms with van der Waals surface area (Å²) in [6.07, 6.45) is 0.797. The summed E-state index contributed by atoms with van der Waals surface area (Å²) in [5.41, 5.74) is -0.622. The van der Waals surface area contributed by atoms with Gasteiger partial charge in [-0.1, -0.05) is 6.92 Å². The molecule has 0 spiro atoms. The number of hydrogen-bond acceptors (Lipinski definition) is 3. The van der Waals surface area contributed by atoms with Gasteiger partial charge in [0.1, 0.15) is 5.54 Å². The molecule has 114 valence electrons. The van der Waals surface area contributed by atoms with Gasteiger partial charge in [0.15, 0.2) is 0 Å². The summed E-state index contributed by atoms with van der Waals surface area (Å²) in [7, 11) is 0. The number of nitrogens with zero attached hydrogens (tertiary/aromatic N) is 2. The Hall–Kier alpha value is -0.800. The molecule has 0 heterocycles. The van der Waals surface area contributed by atoms with Gasteiger partial charge in [0.2, 0.25) is 0 Å². The second-order valence-corrected chi connectivity index (χ2v) is 6.04. The van der Waals surface area contributed by atoms with Gasteiger partial charge in [-0.15, -0.1) is 0 Å². The Balaban J connectivity index is 2.02. The number of nitriles is 1. The summed E-state index contributed by atoms with van der Waals surface area (Å²) in [6, 6.07) is 2.58. The van der Waals surface area contributed by atoms with Crippen LogP contribution in [0.4, 0.5) is 13.2 Å². The van der Waals surface area contributed by atoms with E-state index in [0.717, 1.165) is 32.1 Å².